The van der Waals surface area contributed by atoms with E-state index < -0.39 is 0 Å². The van der Waals surface area contributed by atoms with Crippen molar-refractivity contribution in [3.8, 4) is 0 Å². The third-order valence-electron chi connectivity index (χ3n) is 7.03. The zero-order chi connectivity index (χ0) is 20.2. The Balaban J connectivity index is 2.20. The molecule has 0 bridgehead atoms. The van der Waals surface area contributed by atoms with Gasteiger partial charge in [-0.3, -0.25) is 0 Å². The average Bonchev–Trinajstić information content (AvgIpc) is 3.04. The molecule has 6 rings (SSSR count). The van der Waals surface area contributed by atoms with Crippen LogP contribution >= 0.6 is 0 Å². The number of nitrogens with zero attached hydrogens (tertiary/aromatic N) is 2. The predicted octanol–water partition coefficient (Wildman–Crippen LogP) is 6.36. The van der Waals surface area contributed by atoms with Crippen molar-refractivity contribution >= 4 is 49.0 Å². The highest BCUT2D eigenvalue weighted by molar-refractivity contribution is 6.28. The van der Waals surface area contributed by atoms with Crippen LogP contribution in [-0.4, -0.2) is 4.40 Å². The molecule has 6 aromatic rings. The fourth-order valence-corrected chi connectivity index (χ4v) is 5.66. The second kappa shape index (κ2) is 5.27. The topological polar surface area (TPSA) is 8.29 Å². The van der Waals surface area contributed by atoms with Crippen LogP contribution in [0.3, 0.4) is 0 Å². The molecular weight excluding hydrogens is 352 g/mol. The van der Waals surface area contributed by atoms with Crippen molar-refractivity contribution in [3.05, 3.63) is 70.4 Å². The number of hydrogen-bond acceptors (Lipinski definition) is 0. The van der Waals surface area contributed by atoms with Crippen LogP contribution in [0, 0.1) is 34.6 Å². The summed E-state index contributed by atoms with van der Waals surface area (Å²) in [7, 11) is 2.19. The molecule has 0 radical (unpaired) electrons. The SMILES string of the molecule is Cc1cc(C)c2c(c1C)c1c3c(cc[n+]1C)cc(C)c1c4c(C)cccc4n2c13. The second-order valence-electron chi connectivity index (χ2n) is 8.82. The number of aryl methyl sites for hydroxylation is 6. The first kappa shape index (κ1) is 16.8. The second-order valence-corrected chi connectivity index (χ2v) is 8.82. The Kier molecular flexibility index (Phi) is 3.05. The summed E-state index contributed by atoms with van der Waals surface area (Å²) in [6.07, 6.45) is 2.22. The van der Waals surface area contributed by atoms with Gasteiger partial charge in [-0.25, -0.2) is 4.57 Å². The lowest BCUT2D eigenvalue weighted by molar-refractivity contribution is -0.643. The summed E-state index contributed by atoms with van der Waals surface area (Å²) >= 11 is 0. The maximum Gasteiger partial charge on any atom is 0.224 e. The van der Waals surface area contributed by atoms with E-state index in [4.69, 9.17) is 0 Å². The summed E-state index contributed by atoms with van der Waals surface area (Å²) in [4.78, 5) is 0. The Morgan fingerprint density at radius 3 is 2.28 bits per heavy atom. The molecule has 0 unspecified atom stereocenters. The first-order chi connectivity index (χ1) is 13.9. The van der Waals surface area contributed by atoms with Crippen LogP contribution in [0.15, 0.2) is 42.6 Å². The fourth-order valence-electron chi connectivity index (χ4n) is 5.66. The van der Waals surface area contributed by atoms with Gasteiger partial charge in [0.1, 0.15) is 7.05 Å². The molecule has 0 spiro atoms. The number of rotatable bonds is 0. The van der Waals surface area contributed by atoms with Crippen molar-refractivity contribution in [1.29, 1.82) is 0 Å². The van der Waals surface area contributed by atoms with Crippen molar-refractivity contribution in [1.82, 2.24) is 4.40 Å². The van der Waals surface area contributed by atoms with Crippen LogP contribution in [0.1, 0.15) is 27.8 Å². The van der Waals surface area contributed by atoms with Crippen LogP contribution in [0.4, 0.5) is 0 Å². The number of fused-ring (bicyclic) bond motifs is 6. The van der Waals surface area contributed by atoms with Gasteiger partial charge in [0, 0.05) is 16.8 Å². The standard InChI is InChI=1S/C27H25N2/c1-14-8-7-9-20-21(14)22-16(3)13-19-10-11-28(6)26-23-18(5)15(2)12-17(4)25(23)29(20)27(22)24(19)26/h7-13H,1-6H3/q+1. The Bertz CT molecular complexity index is 1650. The Morgan fingerprint density at radius 2 is 1.48 bits per heavy atom. The van der Waals surface area contributed by atoms with Crippen LogP contribution in [-0.2, 0) is 7.05 Å². The molecule has 2 nitrogen and oxygen atoms in total. The third kappa shape index (κ3) is 1.85. The molecule has 29 heavy (non-hydrogen) atoms. The minimum Gasteiger partial charge on any atom is -0.307 e. The van der Waals surface area contributed by atoms with E-state index in [1.807, 2.05) is 0 Å². The zero-order valence-electron chi connectivity index (χ0n) is 17.9. The van der Waals surface area contributed by atoms with Crippen LogP contribution in [0.25, 0.3) is 49.0 Å². The third-order valence-corrected chi connectivity index (χ3v) is 7.03. The summed E-state index contributed by atoms with van der Waals surface area (Å²) in [5.41, 5.74) is 12.2. The predicted molar refractivity (Wildman–Crippen MR) is 123 cm³/mol. The van der Waals surface area contributed by atoms with Gasteiger partial charge in [0.15, 0.2) is 6.20 Å². The summed E-state index contributed by atoms with van der Waals surface area (Å²) in [6.45, 7) is 11.3. The summed E-state index contributed by atoms with van der Waals surface area (Å²) in [5, 5.41) is 6.89. The molecule has 0 fully saturated rings. The molecule has 0 amide bonds. The fraction of sp³-hybridized carbons (Fsp3) is 0.222. The van der Waals surface area contributed by atoms with Crippen LogP contribution in [0.5, 0.6) is 0 Å². The maximum absolute atomic E-state index is 2.55. The van der Waals surface area contributed by atoms with Gasteiger partial charge in [-0.05, 0) is 73.9 Å². The highest BCUT2D eigenvalue weighted by Crippen LogP contribution is 2.44. The largest absolute Gasteiger partial charge is 0.307 e. The molecule has 3 aromatic heterocycles. The smallest absolute Gasteiger partial charge is 0.224 e. The lowest BCUT2D eigenvalue weighted by atomic mass is 9.94. The van der Waals surface area contributed by atoms with E-state index in [0.29, 0.717) is 0 Å². The molecule has 0 aliphatic carbocycles. The van der Waals surface area contributed by atoms with Gasteiger partial charge >= 0.3 is 0 Å². The molecule has 0 saturated heterocycles. The molecular formula is C27H25N2+. The number of hydrogen-bond donors (Lipinski definition) is 0. The van der Waals surface area contributed by atoms with E-state index in [2.05, 4.69) is 93.2 Å². The lowest BCUT2D eigenvalue weighted by Gasteiger charge is -2.16. The van der Waals surface area contributed by atoms with Crippen molar-refractivity contribution in [2.24, 2.45) is 7.05 Å². The van der Waals surface area contributed by atoms with Crippen molar-refractivity contribution < 1.29 is 4.57 Å². The molecule has 0 aliphatic heterocycles. The highest BCUT2D eigenvalue weighted by atomic mass is 15.0. The number of pyridine rings is 2. The first-order valence-electron chi connectivity index (χ1n) is 10.4. The molecule has 0 N–H and O–H groups in total. The summed E-state index contributed by atoms with van der Waals surface area (Å²) in [5.74, 6) is 0. The van der Waals surface area contributed by atoms with E-state index in [1.165, 1.54) is 76.8 Å². The van der Waals surface area contributed by atoms with E-state index in [1.54, 1.807) is 0 Å². The van der Waals surface area contributed by atoms with Gasteiger partial charge in [-0.2, -0.15) is 0 Å². The van der Waals surface area contributed by atoms with Gasteiger partial charge in [0.2, 0.25) is 5.52 Å². The molecule has 0 atom stereocenters. The van der Waals surface area contributed by atoms with Crippen LogP contribution < -0.4 is 4.57 Å². The van der Waals surface area contributed by atoms with Gasteiger partial charge in [0.25, 0.3) is 0 Å². The highest BCUT2D eigenvalue weighted by Gasteiger charge is 2.26. The number of aromatic nitrogens is 2. The van der Waals surface area contributed by atoms with E-state index in [-0.39, 0.29) is 0 Å². The van der Waals surface area contributed by atoms with E-state index in [0.717, 1.165) is 0 Å². The Labute approximate surface area is 170 Å². The van der Waals surface area contributed by atoms with Crippen molar-refractivity contribution in [2.45, 2.75) is 34.6 Å². The number of benzene rings is 3. The zero-order valence-corrected chi connectivity index (χ0v) is 17.9. The van der Waals surface area contributed by atoms with E-state index in [9.17, 15) is 0 Å². The molecule has 2 heteroatoms. The first-order valence-corrected chi connectivity index (χ1v) is 10.4. The van der Waals surface area contributed by atoms with Crippen molar-refractivity contribution in [3.63, 3.8) is 0 Å². The Hall–Kier alpha value is -3.13. The monoisotopic (exact) mass is 377 g/mol. The lowest BCUT2D eigenvalue weighted by Crippen LogP contribution is -2.29. The summed E-state index contributed by atoms with van der Waals surface area (Å²) < 4.78 is 4.87. The molecule has 0 aliphatic rings. The molecule has 142 valence electrons. The molecule has 3 aromatic carbocycles. The van der Waals surface area contributed by atoms with Gasteiger partial charge in [-0.15, -0.1) is 0 Å². The minimum absolute atomic E-state index is 1.32. The van der Waals surface area contributed by atoms with Crippen molar-refractivity contribution in [2.75, 3.05) is 0 Å². The van der Waals surface area contributed by atoms with Gasteiger partial charge in [0.05, 0.1) is 27.3 Å². The normalized spacial score (nSPS) is 12.5. The molecule has 0 saturated carbocycles. The van der Waals surface area contributed by atoms with E-state index >= 15 is 0 Å². The Morgan fingerprint density at radius 1 is 0.690 bits per heavy atom. The average molecular weight is 378 g/mol. The van der Waals surface area contributed by atoms with Gasteiger partial charge < -0.3 is 4.40 Å². The summed E-state index contributed by atoms with van der Waals surface area (Å²) in [6, 6.07) is 13.7. The van der Waals surface area contributed by atoms with Gasteiger partial charge in [-0.1, -0.05) is 24.3 Å². The van der Waals surface area contributed by atoms with Crippen LogP contribution in [0.2, 0.25) is 0 Å². The quantitative estimate of drug-likeness (QED) is 0.165. The maximum atomic E-state index is 2.55. The molecule has 3 heterocycles. The minimum atomic E-state index is 1.32.